The fraction of sp³-hybridized carbons (Fsp3) is 0.409. The highest BCUT2D eigenvalue weighted by Gasteiger charge is 2.33. The van der Waals surface area contributed by atoms with E-state index < -0.39 is 10.0 Å². The first-order valence-electron chi connectivity index (χ1n) is 9.97. The standard InChI is InChI=1S/C22H26Cl2N2O3S/c1-14(2)18-6-4-5-15(3)21(18)25-22(27)16-9-11-26(12-10-16)30(28,29)20-13-17(23)7-8-19(20)24/h4-8,13-14,16H,9-12H2,1-3H3,(H,25,27). The summed E-state index contributed by atoms with van der Waals surface area (Å²) in [7, 11) is -3.76. The number of anilines is 1. The van der Waals surface area contributed by atoms with Gasteiger partial charge < -0.3 is 5.32 Å². The van der Waals surface area contributed by atoms with Gasteiger partial charge in [0.1, 0.15) is 4.90 Å². The summed E-state index contributed by atoms with van der Waals surface area (Å²) in [6.07, 6.45) is 0.901. The van der Waals surface area contributed by atoms with Gasteiger partial charge in [0.15, 0.2) is 0 Å². The molecule has 0 aromatic heterocycles. The molecule has 1 aliphatic rings. The number of rotatable bonds is 5. The fourth-order valence-electron chi connectivity index (χ4n) is 3.74. The molecule has 2 aromatic carbocycles. The second-order valence-corrected chi connectivity index (χ2v) is 10.7. The summed E-state index contributed by atoms with van der Waals surface area (Å²) < 4.78 is 27.3. The van der Waals surface area contributed by atoms with Crippen LogP contribution >= 0.6 is 23.2 Å². The third-order valence-corrected chi connectivity index (χ3v) is 8.13. The van der Waals surface area contributed by atoms with E-state index in [1.54, 1.807) is 6.07 Å². The van der Waals surface area contributed by atoms with Crippen molar-refractivity contribution < 1.29 is 13.2 Å². The van der Waals surface area contributed by atoms with Crippen LogP contribution in [0.4, 0.5) is 5.69 Å². The smallest absolute Gasteiger partial charge is 0.244 e. The van der Waals surface area contributed by atoms with Crippen LogP contribution in [0.2, 0.25) is 10.0 Å². The Morgan fingerprint density at radius 3 is 2.43 bits per heavy atom. The van der Waals surface area contributed by atoms with Crippen molar-refractivity contribution in [3.05, 3.63) is 57.6 Å². The predicted octanol–water partition coefficient (Wildman–Crippen LogP) is 5.46. The van der Waals surface area contributed by atoms with E-state index in [1.165, 1.54) is 16.4 Å². The summed E-state index contributed by atoms with van der Waals surface area (Å²) in [5.41, 5.74) is 2.97. The average molecular weight is 469 g/mol. The Hall–Kier alpha value is -1.60. The number of halogens is 2. The summed E-state index contributed by atoms with van der Waals surface area (Å²) in [6.45, 7) is 6.68. The van der Waals surface area contributed by atoms with Crippen LogP contribution in [0.15, 0.2) is 41.3 Å². The maximum Gasteiger partial charge on any atom is 0.244 e. The number of hydrogen-bond acceptors (Lipinski definition) is 3. The first-order chi connectivity index (χ1) is 14.1. The van der Waals surface area contributed by atoms with E-state index in [0.717, 1.165) is 16.8 Å². The SMILES string of the molecule is Cc1cccc(C(C)C)c1NC(=O)C1CCN(S(=O)(=O)c2cc(Cl)ccc2Cl)CC1. The largest absolute Gasteiger partial charge is 0.325 e. The summed E-state index contributed by atoms with van der Waals surface area (Å²) in [5, 5.41) is 3.54. The average Bonchev–Trinajstić information content (AvgIpc) is 2.71. The van der Waals surface area contributed by atoms with E-state index in [4.69, 9.17) is 23.2 Å². The van der Waals surface area contributed by atoms with Crippen molar-refractivity contribution in [1.29, 1.82) is 0 Å². The minimum absolute atomic E-state index is 0.000976. The number of sulfonamides is 1. The lowest BCUT2D eigenvalue weighted by Gasteiger charge is -2.31. The Balaban J connectivity index is 1.70. The number of nitrogens with one attached hydrogen (secondary N) is 1. The molecule has 1 amide bonds. The van der Waals surface area contributed by atoms with Gasteiger partial charge in [0.25, 0.3) is 0 Å². The molecule has 8 heteroatoms. The molecule has 1 heterocycles. The quantitative estimate of drug-likeness (QED) is 0.632. The maximum absolute atomic E-state index is 13.0. The summed E-state index contributed by atoms with van der Waals surface area (Å²) in [5.74, 6) is -0.0235. The van der Waals surface area contributed by atoms with Crippen LogP contribution in [0.3, 0.4) is 0 Å². The molecular weight excluding hydrogens is 443 g/mol. The van der Waals surface area contributed by atoms with Gasteiger partial charge in [-0.05, 0) is 55.0 Å². The number of hydrogen-bond donors (Lipinski definition) is 1. The molecule has 30 heavy (non-hydrogen) atoms. The lowest BCUT2D eigenvalue weighted by molar-refractivity contribution is -0.120. The molecule has 1 saturated heterocycles. The van der Waals surface area contributed by atoms with Crippen LogP contribution in [-0.4, -0.2) is 31.7 Å². The van der Waals surface area contributed by atoms with Crippen LogP contribution < -0.4 is 5.32 Å². The third kappa shape index (κ3) is 4.83. The normalized spacial score (nSPS) is 16.1. The molecule has 5 nitrogen and oxygen atoms in total. The minimum Gasteiger partial charge on any atom is -0.325 e. The van der Waals surface area contributed by atoms with E-state index in [0.29, 0.717) is 17.9 Å². The Morgan fingerprint density at radius 1 is 1.13 bits per heavy atom. The summed E-state index contributed by atoms with van der Waals surface area (Å²) in [4.78, 5) is 12.9. The van der Waals surface area contributed by atoms with Crippen LogP contribution in [0.1, 0.15) is 43.7 Å². The van der Waals surface area contributed by atoms with Crippen LogP contribution in [0, 0.1) is 12.8 Å². The van der Waals surface area contributed by atoms with Crippen molar-refractivity contribution in [2.75, 3.05) is 18.4 Å². The lowest BCUT2D eigenvalue weighted by Crippen LogP contribution is -2.41. The molecule has 0 spiro atoms. The molecule has 1 fully saturated rings. The topological polar surface area (TPSA) is 66.5 Å². The van der Waals surface area contributed by atoms with E-state index in [2.05, 4.69) is 19.2 Å². The predicted molar refractivity (Wildman–Crippen MR) is 122 cm³/mol. The third-order valence-electron chi connectivity index (χ3n) is 5.51. The van der Waals surface area contributed by atoms with Gasteiger partial charge >= 0.3 is 0 Å². The number of para-hydroxylation sites is 1. The number of benzene rings is 2. The van der Waals surface area contributed by atoms with E-state index in [1.807, 2.05) is 25.1 Å². The number of carbonyl (C=O) groups excluding carboxylic acids is 1. The molecule has 1 aliphatic heterocycles. The maximum atomic E-state index is 13.0. The first-order valence-corrected chi connectivity index (χ1v) is 12.2. The van der Waals surface area contributed by atoms with Gasteiger partial charge in [0.2, 0.25) is 15.9 Å². The van der Waals surface area contributed by atoms with Gasteiger partial charge in [-0.25, -0.2) is 8.42 Å². The summed E-state index contributed by atoms with van der Waals surface area (Å²) in [6, 6.07) is 10.4. The lowest BCUT2D eigenvalue weighted by atomic mass is 9.95. The Morgan fingerprint density at radius 2 is 1.80 bits per heavy atom. The molecule has 0 saturated carbocycles. The van der Waals surface area contributed by atoms with Gasteiger partial charge in [0, 0.05) is 29.7 Å². The Bertz CT molecular complexity index is 1050. The van der Waals surface area contributed by atoms with Crippen molar-refractivity contribution in [2.24, 2.45) is 5.92 Å². The van der Waals surface area contributed by atoms with Crippen molar-refractivity contribution >= 4 is 44.8 Å². The highest BCUT2D eigenvalue weighted by molar-refractivity contribution is 7.89. The number of nitrogens with zero attached hydrogens (tertiary/aromatic N) is 1. The zero-order valence-electron chi connectivity index (χ0n) is 17.3. The monoisotopic (exact) mass is 468 g/mol. The Labute approximate surface area is 188 Å². The molecular formula is C22H26Cl2N2O3S. The first kappa shape index (κ1) is 23.1. The van der Waals surface area contributed by atoms with E-state index in [9.17, 15) is 13.2 Å². The zero-order chi connectivity index (χ0) is 22.1. The van der Waals surface area contributed by atoms with Crippen molar-refractivity contribution in [3.8, 4) is 0 Å². The van der Waals surface area contributed by atoms with Crippen molar-refractivity contribution in [2.45, 2.75) is 44.4 Å². The number of amides is 1. The number of aryl methyl sites for hydroxylation is 1. The van der Waals surface area contributed by atoms with Gasteiger partial charge in [-0.3, -0.25) is 4.79 Å². The number of carbonyl (C=O) groups is 1. The Kier molecular flexibility index (Phi) is 7.13. The molecule has 2 aromatic rings. The van der Waals surface area contributed by atoms with Crippen molar-refractivity contribution in [1.82, 2.24) is 4.31 Å². The van der Waals surface area contributed by atoms with Gasteiger partial charge in [-0.15, -0.1) is 0 Å². The fourth-order valence-corrected chi connectivity index (χ4v) is 5.95. The van der Waals surface area contributed by atoms with Crippen LogP contribution in [-0.2, 0) is 14.8 Å². The molecule has 0 bridgehead atoms. The van der Waals surface area contributed by atoms with Crippen molar-refractivity contribution in [3.63, 3.8) is 0 Å². The summed E-state index contributed by atoms with van der Waals surface area (Å²) >= 11 is 12.1. The molecule has 1 N–H and O–H groups in total. The highest BCUT2D eigenvalue weighted by atomic mass is 35.5. The molecule has 0 aliphatic carbocycles. The van der Waals surface area contributed by atoms with Gasteiger partial charge in [0.05, 0.1) is 5.02 Å². The molecule has 3 rings (SSSR count). The van der Waals surface area contributed by atoms with Crippen LogP contribution in [0.5, 0.6) is 0 Å². The van der Waals surface area contributed by atoms with Gasteiger partial charge in [-0.1, -0.05) is 55.2 Å². The van der Waals surface area contributed by atoms with E-state index in [-0.39, 0.29) is 40.8 Å². The molecule has 162 valence electrons. The molecule has 0 unspecified atom stereocenters. The molecule has 0 radical (unpaired) electrons. The second-order valence-electron chi connectivity index (χ2n) is 7.94. The molecule has 0 atom stereocenters. The van der Waals surface area contributed by atoms with E-state index >= 15 is 0 Å². The number of piperidine rings is 1. The second kappa shape index (κ2) is 9.27. The van der Waals surface area contributed by atoms with Crippen LogP contribution in [0.25, 0.3) is 0 Å². The zero-order valence-corrected chi connectivity index (χ0v) is 19.6. The van der Waals surface area contributed by atoms with Gasteiger partial charge in [-0.2, -0.15) is 4.31 Å². The highest BCUT2D eigenvalue weighted by Crippen LogP contribution is 2.32. The minimum atomic E-state index is -3.76.